The summed E-state index contributed by atoms with van der Waals surface area (Å²) >= 11 is 0. The Morgan fingerprint density at radius 2 is 1.90 bits per heavy atom. The molecule has 150 valence electrons. The van der Waals surface area contributed by atoms with Gasteiger partial charge < -0.3 is 4.57 Å². The van der Waals surface area contributed by atoms with Crippen molar-refractivity contribution in [3.05, 3.63) is 41.7 Å². The van der Waals surface area contributed by atoms with Crippen LogP contribution in [0.1, 0.15) is 18.2 Å². The Bertz CT molecular complexity index is 1230. The van der Waals surface area contributed by atoms with Crippen molar-refractivity contribution >= 4 is 9.84 Å². The van der Waals surface area contributed by atoms with Crippen molar-refractivity contribution in [2.24, 2.45) is 7.05 Å². The van der Waals surface area contributed by atoms with Crippen LogP contribution in [0.15, 0.2) is 35.4 Å². The molecule has 0 spiro atoms. The van der Waals surface area contributed by atoms with Gasteiger partial charge in [0.2, 0.25) is 0 Å². The first kappa shape index (κ1) is 20.4. The molecule has 0 saturated heterocycles. The van der Waals surface area contributed by atoms with Crippen LogP contribution in [-0.4, -0.2) is 38.9 Å². The molecule has 0 aliphatic heterocycles. The standard InChI is InChI=1S/C17H13F3N6O2S/c1-3-29(27,28)13-7-10(17(18,19)20)9-22-14(13)16-25-24-15(26(16)2)12-6-4-5-11(8-21)23-12/h4-7,9H,3H2,1-2H3. The molecule has 12 heteroatoms. The van der Waals surface area contributed by atoms with Crippen molar-refractivity contribution in [2.75, 3.05) is 5.75 Å². The van der Waals surface area contributed by atoms with E-state index in [1.165, 1.54) is 24.6 Å². The van der Waals surface area contributed by atoms with E-state index in [1.54, 1.807) is 12.1 Å². The van der Waals surface area contributed by atoms with Crippen LogP contribution in [0.5, 0.6) is 0 Å². The molecule has 0 unspecified atom stereocenters. The van der Waals surface area contributed by atoms with Gasteiger partial charge >= 0.3 is 6.18 Å². The zero-order chi connectivity index (χ0) is 21.4. The van der Waals surface area contributed by atoms with Gasteiger partial charge in [-0.25, -0.2) is 13.4 Å². The number of hydrogen-bond acceptors (Lipinski definition) is 7. The van der Waals surface area contributed by atoms with Crippen molar-refractivity contribution < 1.29 is 21.6 Å². The molecule has 3 rings (SSSR count). The highest BCUT2D eigenvalue weighted by Crippen LogP contribution is 2.34. The molecule has 0 radical (unpaired) electrons. The molecule has 3 heterocycles. The van der Waals surface area contributed by atoms with Crippen molar-refractivity contribution in [1.82, 2.24) is 24.7 Å². The molecule has 0 aromatic carbocycles. The molecule has 0 aliphatic rings. The largest absolute Gasteiger partial charge is 0.417 e. The lowest BCUT2D eigenvalue weighted by molar-refractivity contribution is -0.138. The van der Waals surface area contributed by atoms with E-state index < -0.39 is 32.2 Å². The van der Waals surface area contributed by atoms with Gasteiger partial charge in [0.1, 0.15) is 23.2 Å². The Morgan fingerprint density at radius 3 is 2.52 bits per heavy atom. The highest BCUT2D eigenvalue weighted by atomic mass is 32.2. The summed E-state index contributed by atoms with van der Waals surface area (Å²) in [5.74, 6) is -0.275. The van der Waals surface area contributed by atoms with Crippen LogP contribution in [-0.2, 0) is 23.1 Å². The zero-order valence-electron chi connectivity index (χ0n) is 15.1. The minimum atomic E-state index is -4.75. The SMILES string of the molecule is CCS(=O)(=O)c1cc(C(F)(F)F)cnc1-c1nnc(-c2cccc(C#N)n2)n1C. The summed E-state index contributed by atoms with van der Waals surface area (Å²) in [7, 11) is -2.55. The molecule has 0 N–H and O–H groups in total. The van der Waals surface area contributed by atoms with Crippen LogP contribution in [0.2, 0.25) is 0 Å². The first-order valence-corrected chi connectivity index (χ1v) is 9.81. The Balaban J connectivity index is 2.22. The monoisotopic (exact) mass is 422 g/mol. The van der Waals surface area contributed by atoms with Gasteiger partial charge in [-0.15, -0.1) is 10.2 Å². The van der Waals surface area contributed by atoms with Gasteiger partial charge in [0.15, 0.2) is 21.5 Å². The molecule has 0 amide bonds. The molecule has 29 heavy (non-hydrogen) atoms. The maximum atomic E-state index is 13.1. The van der Waals surface area contributed by atoms with Crippen LogP contribution >= 0.6 is 0 Å². The Kier molecular flexibility index (Phi) is 5.10. The molecule has 0 saturated carbocycles. The van der Waals surface area contributed by atoms with E-state index in [-0.39, 0.29) is 28.7 Å². The number of rotatable bonds is 4. The van der Waals surface area contributed by atoms with Crippen molar-refractivity contribution in [2.45, 2.75) is 18.0 Å². The Hall–Kier alpha value is -3.33. The normalized spacial score (nSPS) is 12.0. The fourth-order valence-corrected chi connectivity index (χ4v) is 3.60. The number of halogens is 3. The highest BCUT2D eigenvalue weighted by molar-refractivity contribution is 7.91. The lowest BCUT2D eigenvalue weighted by Crippen LogP contribution is -2.13. The van der Waals surface area contributed by atoms with E-state index in [0.717, 1.165) is 0 Å². The fraction of sp³-hybridized carbons (Fsp3) is 0.235. The highest BCUT2D eigenvalue weighted by Gasteiger charge is 2.34. The third kappa shape index (κ3) is 3.81. The number of sulfone groups is 1. The van der Waals surface area contributed by atoms with E-state index in [1.807, 2.05) is 6.07 Å². The predicted molar refractivity (Wildman–Crippen MR) is 94.9 cm³/mol. The van der Waals surface area contributed by atoms with Crippen LogP contribution in [0.3, 0.4) is 0 Å². The molecule has 3 aromatic heterocycles. The van der Waals surface area contributed by atoms with Gasteiger partial charge in [0.25, 0.3) is 0 Å². The molecule has 8 nitrogen and oxygen atoms in total. The van der Waals surface area contributed by atoms with E-state index in [2.05, 4.69) is 20.2 Å². The second-order valence-corrected chi connectivity index (χ2v) is 8.14. The molecule has 0 atom stereocenters. The van der Waals surface area contributed by atoms with Crippen LogP contribution in [0.25, 0.3) is 23.0 Å². The lowest BCUT2D eigenvalue weighted by atomic mass is 10.2. The average Bonchev–Trinajstić information content (AvgIpc) is 3.08. The van der Waals surface area contributed by atoms with E-state index in [9.17, 15) is 21.6 Å². The number of pyridine rings is 2. The van der Waals surface area contributed by atoms with Gasteiger partial charge in [0.05, 0.1) is 16.2 Å². The third-order valence-corrected chi connectivity index (χ3v) is 5.82. The molecule has 0 aliphatic carbocycles. The summed E-state index contributed by atoms with van der Waals surface area (Å²) in [4.78, 5) is 7.24. The van der Waals surface area contributed by atoms with Crippen LogP contribution in [0.4, 0.5) is 13.2 Å². The van der Waals surface area contributed by atoms with Gasteiger partial charge in [-0.2, -0.15) is 18.4 Å². The molecule has 0 fully saturated rings. The van der Waals surface area contributed by atoms with E-state index in [4.69, 9.17) is 5.26 Å². The van der Waals surface area contributed by atoms with Gasteiger partial charge in [-0.3, -0.25) is 4.98 Å². The van der Waals surface area contributed by atoms with Crippen molar-refractivity contribution in [3.63, 3.8) is 0 Å². The Morgan fingerprint density at radius 1 is 1.21 bits per heavy atom. The second-order valence-electron chi connectivity index (χ2n) is 5.90. The predicted octanol–water partition coefficient (Wildman–Crippen LogP) is 2.62. The first-order valence-electron chi connectivity index (χ1n) is 8.15. The fourth-order valence-electron chi connectivity index (χ4n) is 2.54. The topological polar surface area (TPSA) is 114 Å². The Labute approximate surface area is 163 Å². The minimum Gasteiger partial charge on any atom is -0.307 e. The lowest BCUT2D eigenvalue weighted by Gasteiger charge is -2.12. The summed E-state index contributed by atoms with van der Waals surface area (Å²) in [5.41, 5.74) is -1.01. The maximum Gasteiger partial charge on any atom is 0.417 e. The molecular weight excluding hydrogens is 409 g/mol. The quantitative estimate of drug-likeness (QED) is 0.635. The summed E-state index contributed by atoms with van der Waals surface area (Å²) in [6.07, 6.45) is -4.21. The molecule has 0 bridgehead atoms. The van der Waals surface area contributed by atoms with Crippen LogP contribution in [0, 0.1) is 11.3 Å². The van der Waals surface area contributed by atoms with Crippen LogP contribution < -0.4 is 0 Å². The number of aromatic nitrogens is 5. The summed E-state index contributed by atoms with van der Waals surface area (Å²) in [5, 5.41) is 16.8. The minimum absolute atomic E-state index is 0.0510. The van der Waals surface area contributed by atoms with Crippen molar-refractivity contribution in [3.8, 4) is 29.1 Å². The van der Waals surface area contributed by atoms with Gasteiger partial charge in [-0.1, -0.05) is 13.0 Å². The summed E-state index contributed by atoms with van der Waals surface area (Å²) < 4.78 is 65.4. The van der Waals surface area contributed by atoms with Crippen molar-refractivity contribution in [1.29, 1.82) is 5.26 Å². The number of nitrogens with zero attached hydrogens (tertiary/aromatic N) is 6. The van der Waals surface area contributed by atoms with E-state index in [0.29, 0.717) is 12.3 Å². The summed E-state index contributed by atoms with van der Waals surface area (Å²) in [6, 6.07) is 7.07. The molecular formula is C17H13F3N6O2S. The third-order valence-electron chi connectivity index (χ3n) is 4.07. The zero-order valence-corrected chi connectivity index (χ0v) is 16.0. The summed E-state index contributed by atoms with van der Waals surface area (Å²) in [6.45, 7) is 1.32. The van der Waals surface area contributed by atoms with E-state index >= 15 is 0 Å². The number of alkyl halides is 3. The second kappa shape index (κ2) is 7.25. The number of nitriles is 1. The number of hydrogen-bond donors (Lipinski definition) is 0. The van der Waals surface area contributed by atoms with Gasteiger partial charge in [0, 0.05) is 13.2 Å². The average molecular weight is 422 g/mol. The molecule has 3 aromatic rings. The smallest absolute Gasteiger partial charge is 0.307 e. The van der Waals surface area contributed by atoms with Gasteiger partial charge in [-0.05, 0) is 18.2 Å². The maximum absolute atomic E-state index is 13.1. The first-order chi connectivity index (χ1) is 13.6.